The second-order valence-electron chi connectivity index (χ2n) is 8.23. The van der Waals surface area contributed by atoms with Gasteiger partial charge in [-0.25, -0.2) is 0 Å². The van der Waals surface area contributed by atoms with Gasteiger partial charge in [-0.3, -0.25) is 9.93 Å². The van der Waals surface area contributed by atoms with Gasteiger partial charge in [0.15, 0.2) is 5.75 Å². The Morgan fingerprint density at radius 3 is 2.07 bits per heavy atom. The number of aryl methyl sites for hydroxylation is 1. The maximum Gasteiger partial charge on any atom is 0.420 e. The van der Waals surface area contributed by atoms with E-state index in [0.29, 0.717) is 11.1 Å². The van der Waals surface area contributed by atoms with Crippen LogP contribution in [0.15, 0.2) is 24.3 Å². The van der Waals surface area contributed by atoms with E-state index in [4.69, 9.17) is 0 Å². The molecule has 0 radical (unpaired) electrons. The minimum absolute atomic E-state index is 0.151. The van der Waals surface area contributed by atoms with Gasteiger partial charge >= 0.3 is 6.18 Å². The maximum absolute atomic E-state index is 12.8. The molecule has 1 saturated carbocycles. The molecule has 1 heterocycles. The highest BCUT2D eigenvalue weighted by Gasteiger charge is 2.37. The number of fused-ring (bicyclic) bond motifs is 1. The molecule has 1 aliphatic rings. The van der Waals surface area contributed by atoms with Crippen molar-refractivity contribution in [2.75, 3.05) is 0 Å². The number of pyridine rings is 1. The molecule has 0 unspecified atom stereocenters. The molecule has 0 aliphatic heterocycles. The zero-order valence-electron chi connectivity index (χ0n) is 16.3. The molecule has 2 aromatic rings. The van der Waals surface area contributed by atoms with Crippen LogP contribution in [0.5, 0.6) is 5.75 Å². The summed E-state index contributed by atoms with van der Waals surface area (Å²) in [4.78, 5) is 7.21. The summed E-state index contributed by atoms with van der Waals surface area (Å²) >= 11 is 0. The first kappa shape index (κ1) is 21.5. The molecule has 0 amide bonds. The van der Waals surface area contributed by atoms with E-state index in [1.165, 1.54) is 50.3 Å². The Labute approximate surface area is 157 Å². The van der Waals surface area contributed by atoms with Gasteiger partial charge < -0.3 is 0 Å². The number of aromatic nitrogens is 1. The summed E-state index contributed by atoms with van der Waals surface area (Å²) in [6.07, 6.45) is 2.68. The van der Waals surface area contributed by atoms with Crippen LogP contribution in [0.4, 0.5) is 17.7 Å². The zero-order chi connectivity index (χ0) is 20.2. The van der Waals surface area contributed by atoms with Crippen LogP contribution in [0.25, 0.3) is 10.9 Å². The van der Waals surface area contributed by atoms with Crippen molar-refractivity contribution in [1.29, 1.82) is 0 Å². The largest absolute Gasteiger partial charge is 0.420 e. The van der Waals surface area contributed by atoms with Crippen LogP contribution >= 0.6 is 0 Å². The lowest BCUT2D eigenvalue weighted by Crippen LogP contribution is -2.22. The Balaban J connectivity index is 0.000000223. The molecule has 2 nitrogen and oxygen atoms in total. The Hall–Kier alpha value is -1.85. The third kappa shape index (κ3) is 5.56. The predicted molar refractivity (Wildman–Crippen MR) is 99.2 cm³/mol. The number of alkyl halides is 3. The lowest BCUT2D eigenvalue weighted by Gasteiger charge is -2.33. The van der Waals surface area contributed by atoms with E-state index >= 15 is 0 Å². The summed E-state index contributed by atoms with van der Waals surface area (Å²) in [7, 11) is 0. The number of hydrogen-bond donors (Lipinski definition) is 0. The van der Waals surface area contributed by atoms with E-state index in [2.05, 4.69) is 30.7 Å². The van der Waals surface area contributed by atoms with Gasteiger partial charge in [0.05, 0.1) is 5.52 Å². The van der Waals surface area contributed by atoms with Gasteiger partial charge in [0.25, 0.3) is 0 Å². The molecule has 1 fully saturated rings. The Bertz CT molecular complexity index is 759. The van der Waals surface area contributed by atoms with Gasteiger partial charge in [-0.1, -0.05) is 46.1 Å². The summed E-state index contributed by atoms with van der Waals surface area (Å²) in [5.74, 6) is 0.150. The lowest BCUT2D eigenvalue weighted by molar-refractivity contribution is -0.141. The van der Waals surface area contributed by atoms with Crippen molar-refractivity contribution in [1.82, 2.24) is 4.98 Å². The number of nitrogens with zero attached hydrogens (tertiary/aromatic N) is 1. The number of hydrogen-bond acceptors (Lipinski definition) is 2. The summed E-state index contributed by atoms with van der Waals surface area (Å²) < 4.78 is 50.5. The van der Waals surface area contributed by atoms with Crippen LogP contribution in [-0.2, 0) is 6.18 Å². The van der Waals surface area contributed by atoms with Gasteiger partial charge in [-0.15, -0.1) is 0 Å². The highest BCUT2D eigenvalue weighted by atomic mass is 19.4. The number of halogens is 4. The van der Waals surface area contributed by atoms with Gasteiger partial charge in [-0.05, 0) is 49.3 Å². The average molecular weight is 385 g/mol. The molecule has 6 heteroatoms. The molecule has 3 rings (SSSR count). The fourth-order valence-corrected chi connectivity index (χ4v) is 3.61. The van der Waals surface area contributed by atoms with Crippen molar-refractivity contribution >= 4 is 10.9 Å². The van der Waals surface area contributed by atoms with Crippen molar-refractivity contribution in [2.45, 2.75) is 66.0 Å². The molecular weight excluding hydrogens is 358 g/mol. The maximum atomic E-state index is 12.8. The molecule has 0 N–H and O–H groups in total. The summed E-state index contributed by atoms with van der Waals surface area (Å²) in [5, 5.41) is -0.182. The van der Waals surface area contributed by atoms with E-state index < -0.39 is 17.5 Å². The van der Waals surface area contributed by atoms with Crippen LogP contribution < -0.4 is 4.94 Å². The Morgan fingerprint density at radius 1 is 0.963 bits per heavy atom. The molecular formula is C21H27F4NO. The minimum Gasteiger partial charge on any atom is -0.294 e. The first-order chi connectivity index (χ1) is 12.5. The number of rotatable bonds is 1. The predicted octanol–water partition coefficient (Wildman–Crippen LogP) is 7.44. The smallest absolute Gasteiger partial charge is 0.294 e. The van der Waals surface area contributed by atoms with Crippen molar-refractivity contribution in [3.8, 4) is 5.75 Å². The van der Waals surface area contributed by atoms with Crippen LogP contribution in [0, 0.1) is 18.3 Å². The zero-order valence-corrected chi connectivity index (χ0v) is 16.3. The molecule has 0 saturated heterocycles. The van der Waals surface area contributed by atoms with Gasteiger partial charge in [0.1, 0.15) is 5.56 Å². The van der Waals surface area contributed by atoms with Crippen LogP contribution in [0.3, 0.4) is 0 Å². The van der Waals surface area contributed by atoms with Crippen molar-refractivity contribution in [3.05, 3.63) is 35.5 Å². The van der Waals surface area contributed by atoms with Gasteiger partial charge in [0.2, 0.25) is 0 Å². The molecule has 0 atom stereocenters. The number of benzene rings is 1. The third-order valence-electron chi connectivity index (χ3n) is 5.17. The Morgan fingerprint density at radius 2 is 1.59 bits per heavy atom. The van der Waals surface area contributed by atoms with Crippen LogP contribution in [-0.4, -0.2) is 4.98 Å². The molecule has 1 aliphatic carbocycles. The first-order valence-electron chi connectivity index (χ1n) is 9.30. The third-order valence-corrected chi connectivity index (χ3v) is 5.17. The quantitative estimate of drug-likeness (QED) is 0.476. The van der Waals surface area contributed by atoms with E-state index in [0.717, 1.165) is 12.0 Å². The molecule has 27 heavy (non-hydrogen) atoms. The summed E-state index contributed by atoms with van der Waals surface area (Å²) in [6, 6.07) is 4.88. The monoisotopic (exact) mass is 385 g/mol. The van der Waals surface area contributed by atoms with E-state index in [-0.39, 0.29) is 10.9 Å². The Kier molecular flexibility index (Phi) is 6.71. The van der Waals surface area contributed by atoms with Crippen LogP contribution in [0.2, 0.25) is 0 Å². The highest BCUT2D eigenvalue weighted by Crippen LogP contribution is 2.41. The summed E-state index contributed by atoms with van der Waals surface area (Å²) in [5.41, 5.74) is 0.156. The summed E-state index contributed by atoms with van der Waals surface area (Å²) in [6.45, 7) is 8.79. The van der Waals surface area contributed by atoms with Crippen molar-refractivity contribution in [3.63, 3.8) is 0 Å². The molecule has 150 valence electrons. The standard InChI is InChI=1S/C11H7F4NO.C10H20/c1-6-2-3-7-8(16-6)4-5-9(17-15)10(7)11(12,13)14;1-10(2,3)9-7-5-4-6-8-9/h2-5H,1H3;9H,4-8H2,1-3H3. The topological polar surface area (TPSA) is 22.1 Å². The second-order valence-corrected chi connectivity index (χ2v) is 8.23. The van der Waals surface area contributed by atoms with Gasteiger partial charge in [-0.2, -0.15) is 13.2 Å². The van der Waals surface area contributed by atoms with E-state index in [9.17, 15) is 17.7 Å². The fraction of sp³-hybridized carbons (Fsp3) is 0.571. The second kappa shape index (κ2) is 8.44. The molecule has 1 aromatic heterocycles. The molecule has 0 spiro atoms. The minimum atomic E-state index is -4.70. The lowest BCUT2D eigenvalue weighted by atomic mass is 9.72. The average Bonchev–Trinajstić information content (AvgIpc) is 2.60. The fourth-order valence-electron chi connectivity index (χ4n) is 3.61. The molecule has 1 aromatic carbocycles. The SMILES string of the molecule is CC(C)(C)C1CCCCC1.Cc1ccc2c(C(F)(F)F)c(OF)ccc2n1. The molecule has 0 bridgehead atoms. The van der Waals surface area contributed by atoms with Crippen LogP contribution in [0.1, 0.15) is 64.1 Å². The van der Waals surface area contributed by atoms with Crippen molar-refractivity contribution < 1.29 is 22.6 Å². The van der Waals surface area contributed by atoms with Crippen molar-refractivity contribution in [2.24, 2.45) is 11.3 Å². The van der Waals surface area contributed by atoms with E-state index in [1.807, 2.05) is 0 Å². The van der Waals surface area contributed by atoms with Gasteiger partial charge in [0, 0.05) is 15.6 Å². The van der Waals surface area contributed by atoms with E-state index in [1.54, 1.807) is 6.92 Å². The highest BCUT2D eigenvalue weighted by molar-refractivity contribution is 5.85. The first-order valence-corrected chi connectivity index (χ1v) is 9.30. The normalized spacial score (nSPS) is 16.0.